The van der Waals surface area contributed by atoms with E-state index < -0.39 is 0 Å². The van der Waals surface area contributed by atoms with Crippen molar-refractivity contribution in [2.75, 3.05) is 7.11 Å². The average Bonchev–Trinajstić information content (AvgIpc) is 2.80. The summed E-state index contributed by atoms with van der Waals surface area (Å²) >= 11 is 4.60. The molecule has 0 fully saturated rings. The number of ether oxygens (including phenoxy) is 1. The average molecular weight is 330 g/mol. The van der Waals surface area contributed by atoms with E-state index in [1.807, 2.05) is 0 Å². The Balaban J connectivity index is 2.29. The van der Waals surface area contributed by atoms with Gasteiger partial charge in [0.25, 0.3) is 0 Å². The predicted molar refractivity (Wildman–Crippen MR) is 70.9 cm³/mol. The van der Waals surface area contributed by atoms with Crippen molar-refractivity contribution in [2.45, 2.75) is 6.42 Å². The van der Waals surface area contributed by atoms with Crippen molar-refractivity contribution in [1.29, 1.82) is 0 Å². The van der Waals surface area contributed by atoms with Gasteiger partial charge in [-0.3, -0.25) is 4.79 Å². The van der Waals surface area contributed by atoms with Crippen molar-refractivity contribution in [3.8, 4) is 11.3 Å². The largest absolute Gasteiger partial charge is 0.469 e. The zero-order chi connectivity index (χ0) is 13.1. The number of esters is 1. The minimum atomic E-state index is -0.356. The lowest BCUT2D eigenvalue weighted by Crippen LogP contribution is -2.03. The molecule has 6 heteroatoms. The summed E-state index contributed by atoms with van der Waals surface area (Å²) in [5.74, 6) is -0.696. The maximum atomic E-state index is 13.6. The first kappa shape index (κ1) is 13.2. The fourth-order valence-electron chi connectivity index (χ4n) is 1.41. The number of thiazole rings is 1. The van der Waals surface area contributed by atoms with E-state index in [9.17, 15) is 9.18 Å². The molecule has 1 heterocycles. The van der Waals surface area contributed by atoms with E-state index in [-0.39, 0.29) is 18.2 Å². The molecule has 0 aliphatic carbocycles. The molecule has 3 nitrogen and oxygen atoms in total. The molecule has 1 aromatic heterocycles. The Morgan fingerprint density at radius 2 is 2.33 bits per heavy atom. The van der Waals surface area contributed by atoms with E-state index >= 15 is 0 Å². The standard InChI is InChI=1S/C12H9BrFNO2S/c1-17-12(16)5-11-15-10(6-18-11)8-4-7(13)2-3-9(8)14/h2-4,6H,5H2,1H3. The second-order valence-electron chi connectivity index (χ2n) is 3.50. The number of nitrogens with zero attached hydrogens (tertiary/aromatic N) is 1. The van der Waals surface area contributed by atoms with Crippen molar-refractivity contribution in [3.63, 3.8) is 0 Å². The molecule has 1 aromatic carbocycles. The number of halogens is 2. The van der Waals surface area contributed by atoms with Crippen LogP contribution in [0.5, 0.6) is 0 Å². The van der Waals surface area contributed by atoms with Gasteiger partial charge in [0, 0.05) is 15.4 Å². The normalized spacial score (nSPS) is 10.4. The lowest BCUT2D eigenvalue weighted by molar-refractivity contribution is -0.139. The van der Waals surface area contributed by atoms with Crippen LogP contribution in [0, 0.1) is 5.82 Å². The Bertz CT molecular complexity index is 585. The van der Waals surface area contributed by atoms with Crippen molar-refractivity contribution in [1.82, 2.24) is 4.98 Å². The highest BCUT2D eigenvalue weighted by Crippen LogP contribution is 2.27. The molecular weight excluding hydrogens is 321 g/mol. The van der Waals surface area contributed by atoms with Crippen molar-refractivity contribution < 1.29 is 13.9 Å². The molecular formula is C12H9BrFNO2S. The number of carbonyl (C=O) groups excluding carboxylic acids is 1. The van der Waals surface area contributed by atoms with Crippen LogP contribution in [0.3, 0.4) is 0 Å². The van der Waals surface area contributed by atoms with Gasteiger partial charge in [-0.2, -0.15) is 0 Å². The fourth-order valence-corrected chi connectivity index (χ4v) is 2.55. The Labute approximate surface area is 116 Å². The Kier molecular flexibility index (Phi) is 4.08. The number of hydrogen-bond acceptors (Lipinski definition) is 4. The number of methoxy groups -OCH3 is 1. The van der Waals surface area contributed by atoms with Crippen LogP contribution in [0.4, 0.5) is 4.39 Å². The maximum Gasteiger partial charge on any atom is 0.312 e. The quantitative estimate of drug-likeness (QED) is 0.810. The summed E-state index contributed by atoms with van der Waals surface area (Å²) < 4.78 is 19.0. The topological polar surface area (TPSA) is 39.2 Å². The maximum absolute atomic E-state index is 13.6. The smallest absolute Gasteiger partial charge is 0.312 e. The monoisotopic (exact) mass is 329 g/mol. The van der Waals surface area contributed by atoms with Crippen LogP contribution >= 0.6 is 27.3 Å². The third-order valence-electron chi connectivity index (χ3n) is 2.28. The highest BCUT2D eigenvalue weighted by molar-refractivity contribution is 9.10. The van der Waals surface area contributed by atoms with Crippen molar-refractivity contribution >= 4 is 33.2 Å². The number of hydrogen-bond donors (Lipinski definition) is 0. The molecule has 0 spiro atoms. The SMILES string of the molecule is COC(=O)Cc1nc(-c2cc(Br)ccc2F)cs1. The zero-order valence-electron chi connectivity index (χ0n) is 9.44. The molecule has 0 saturated heterocycles. The number of benzene rings is 1. The summed E-state index contributed by atoms with van der Waals surface area (Å²) in [7, 11) is 1.32. The highest BCUT2D eigenvalue weighted by Gasteiger charge is 2.12. The van der Waals surface area contributed by atoms with E-state index in [0.717, 1.165) is 4.47 Å². The first-order valence-electron chi connectivity index (χ1n) is 5.07. The van der Waals surface area contributed by atoms with Crippen LogP contribution in [-0.2, 0) is 16.0 Å². The molecule has 0 atom stereocenters. The molecule has 0 unspecified atom stereocenters. The Hall–Kier alpha value is -1.27. The van der Waals surface area contributed by atoms with Gasteiger partial charge in [0.2, 0.25) is 0 Å². The summed E-state index contributed by atoms with van der Waals surface area (Å²) in [5.41, 5.74) is 0.939. The Morgan fingerprint density at radius 3 is 3.06 bits per heavy atom. The van der Waals surface area contributed by atoms with Crippen LogP contribution in [0.1, 0.15) is 5.01 Å². The zero-order valence-corrected chi connectivity index (χ0v) is 11.8. The third kappa shape index (κ3) is 2.94. The minimum Gasteiger partial charge on any atom is -0.469 e. The van der Waals surface area contributed by atoms with Gasteiger partial charge in [0.15, 0.2) is 0 Å². The highest BCUT2D eigenvalue weighted by atomic mass is 79.9. The second-order valence-corrected chi connectivity index (χ2v) is 5.36. The molecule has 0 bridgehead atoms. The Morgan fingerprint density at radius 1 is 1.56 bits per heavy atom. The molecule has 94 valence electrons. The molecule has 0 N–H and O–H groups in total. The van der Waals surface area contributed by atoms with Gasteiger partial charge in [-0.15, -0.1) is 11.3 Å². The molecule has 2 rings (SSSR count). The van der Waals surface area contributed by atoms with E-state index in [1.54, 1.807) is 17.5 Å². The predicted octanol–water partition coefficient (Wildman–Crippen LogP) is 3.43. The van der Waals surface area contributed by atoms with Gasteiger partial charge in [-0.25, -0.2) is 9.37 Å². The first-order valence-corrected chi connectivity index (χ1v) is 6.74. The number of rotatable bonds is 3. The van der Waals surface area contributed by atoms with Crippen LogP contribution in [0.25, 0.3) is 11.3 Å². The molecule has 2 aromatic rings. The molecule has 0 radical (unpaired) electrons. The van der Waals surface area contributed by atoms with Gasteiger partial charge in [-0.05, 0) is 18.2 Å². The first-order chi connectivity index (χ1) is 8.60. The molecule has 0 saturated carbocycles. The van der Waals surface area contributed by atoms with Gasteiger partial charge in [-0.1, -0.05) is 15.9 Å². The molecule has 18 heavy (non-hydrogen) atoms. The molecule has 0 amide bonds. The van der Waals surface area contributed by atoms with Gasteiger partial charge >= 0.3 is 5.97 Å². The number of carbonyl (C=O) groups is 1. The van der Waals surface area contributed by atoms with Crippen LogP contribution in [0.15, 0.2) is 28.1 Å². The molecule has 0 aliphatic heterocycles. The van der Waals surface area contributed by atoms with E-state index in [1.165, 1.54) is 24.5 Å². The summed E-state index contributed by atoms with van der Waals surface area (Å²) in [6, 6.07) is 4.66. The second kappa shape index (κ2) is 5.58. The van der Waals surface area contributed by atoms with Crippen LogP contribution in [0.2, 0.25) is 0 Å². The van der Waals surface area contributed by atoms with Crippen molar-refractivity contribution in [2.24, 2.45) is 0 Å². The van der Waals surface area contributed by atoms with Gasteiger partial charge in [0.1, 0.15) is 10.8 Å². The lowest BCUT2D eigenvalue weighted by Gasteiger charge is -2.00. The third-order valence-corrected chi connectivity index (χ3v) is 3.62. The van der Waals surface area contributed by atoms with E-state index in [0.29, 0.717) is 16.3 Å². The minimum absolute atomic E-state index is 0.108. The summed E-state index contributed by atoms with van der Waals surface area (Å²) in [5, 5.41) is 2.33. The van der Waals surface area contributed by atoms with Crippen LogP contribution in [-0.4, -0.2) is 18.1 Å². The molecule has 0 aliphatic rings. The van der Waals surface area contributed by atoms with E-state index in [2.05, 4.69) is 25.7 Å². The lowest BCUT2D eigenvalue weighted by atomic mass is 10.1. The fraction of sp³-hybridized carbons (Fsp3) is 0.167. The number of aromatic nitrogens is 1. The summed E-state index contributed by atoms with van der Waals surface area (Å²) in [6.07, 6.45) is 0.108. The van der Waals surface area contributed by atoms with E-state index in [4.69, 9.17) is 0 Å². The summed E-state index contributed by atoms with van der Waals surface area (Å²) in [4.78, 5) is 15.3. The van der Waals surface area contributed by atoms with Gasteiger partial charge in [0.05, 0.1) is 19.2 Å². The summed E-state index contributed by atoms with van der Waals surface area (Å²) in [6.45, 7) is 0. The van der Waals surface area contributed by atoms with Crippen LogP contribution < -0.4 is 0 Å². The van der Waals surface area contributed by atoms with Crippen molar-refractivity contribution in [3.05, 3.63) is 38.9 Å². The van der Waals surface area contributed by atoms with Gasteiger partial charge < -0.3 is 4.74 Å².